The lowest BCUT2D eigenvalue weighted by molar-refractivity contribution is -0.126. The van der Waals surface area contributed by atoms with Crippen molar-refractivity contribution in [3.8, 4) is 0 Å². The summed E-state index contributed by atoms with van der Waals surface area (Å²) in [6, 6.07) is 13.3. The number of nitrogens with zero attached hydrogens (tertiary/aromatic N) is 3. The Morgan fingerprint density at radius 3 is 2.45 bits per heavy atom. The lowest BCUT2D eigenvalue weighted by Gasteiger charge is -2.30. The number of sulfonamides is 1. The number of rotatable bonds is 7. The maximum absolute atomic E-state index is 13.0. The molecule has 7 nitrogen and oxygen atoms in total. The number of nitrogens with one attached hydrogen (secondary N) is 1. The van der Waals surface area contributed by atoms with Crippen LogP contribution in [0.15, 0.2) is 66.1 Å². The van der Waals surface area contributed by atoms with Gasteiger partial charge >= 0.3 is 0 Å². The van der Waals surface area contributed by atoms with Gasteiger partial charge in [-0.05, 0) is 61.1 Å². The molecule has 1 amide bonds. The highest BCUT2D eigenvalue weighted by Crippen LogP contribution is 2.25. The second kappa shape index (κ2) is 9.89. The molecule has 0 unspecified atom stereocenters. The minimum Gasteiger partial charge on any atom is -0.352 e. The average molecular weight is 467 g/mol. The maximum atomic E-state index is 13.0. The Balaban J connectivity index is 1.33. The molecule has 0 spiro atoms. The Hall–Kier alpha value is -2.97. The molecule has 0 atom stereocenters. The van der Waals surface area contributed by atoms with Crippen LogP contribution in [0.4, 0.5) is 0 Å². The molecule has 8 heteroatoms. The highest BCUT2D eigenvalue weighted by atomic mass is 32.2. The van der Waals surface area contributed by atoms with Gasteiger partial charge in [-0.3, -0.25) is 4.79 Å². The zero-order valence-electron chi connectivity index (χ0n) is 19.1. The zero-order chi connectivity index (χ0) is 23.4. The summed E-state index contributed by atoms with van der Waals surface area (Å²) < 4.78 is 29.5. The van der Waals surface area contributed by atoms with Crippen molar-refractivity contribution in [3.05, 3.63) is 83.4 Å². The largest absolute Gasteiger partial charge is 0.352 e. The van der Waals surface area contributed by atoms with Crippen LogP contribution in [0.3, 0.4) is 0 Å². The van der Waals surface area contributed by atoms with Crippen LogP contribution in [0.1, 0.15) is 35.1 Å². The minimum atomic E-state index is -3.54. The number of carbonyl (C=O) groups excluding carboxylic acids is 1. The number of hydrogen-bond donors (Lipinski definition) is 1. The Bertz CT molecular complexity index is 1210. The first-order valence-corrected chi connectivity index (χ1v) is 12.7. The van der Waals surface area contributed by atoms with E-state index < -0.39 is 10.0 Å². The van der Waals surface area contributed by atoms with Gasteiger partial charge in [0.25, 0.3) is 0 Å². The van der Waals surface area contributed by atoms with Gasteiger partial charge < -0.3 is 9.88 Å². The number of aromatic nitrogens is 2. The molecule has 1 fully saturated rings. The molecule has 0 bridgehead atoms. The zero-order valence-corrected chi connectivity index (χ0v) is 19.9. The Labute approximate surface area is 195 Å². The third-order valence-electron chi connectivity index (χ3n) is 6.42. The molecule has 1 aromatic heterocycles. The van der Waals surface area contributed by atoms with Crippen molar-refractivity contribution < 1.29 is 13.2 Å². The quantitative estimate of drug-likeness (QED) is 0.579. The molecule has 1 aliphatic rings. The average Bonchev–Trinajstić information content (AvgIpc) is 3.33. The van der Waals surface area contributed by atoms with E-state index in [-0.39, 0.29) is 11.8 Å². The number of benzene rings is 2. The fourth-order valence-electron chi connectivity index (χ4n) is 4.17. The molecule has 1 saturated heterocycles. The van der Waals surface area contributed by atoms with E-state index in [1.54, 1.807) is 24.7 Å². The van der Waals surface area contributed by atoms with Crippen LogP contribution in [0.25, 0.3) is 0 Å². The Kier molecular flexibility index (Phi) is 6.95. The van der Waals surface area contributed by atoms with E-state index in [0.717, 1.165) is 22.3 Å². The molecule has 174 valence electrons. The van der Waals surface area contributed by atoms with Gasteiger partial charge in [-0.2, -0.15) is 4.31 Å². The van der Waals surface area contributed by atoms with Crippen molar-refractivity contribution in [3.63, 3.8) is 0 Å². The van der Waals surface area contributed by atoms with Gasteiger partial charge in [0.1, 0.15) is 0 Å². The van der Waals surface area contributed by atoms with Gasteiger partial charge in [0.05, 0.1) is 11.2 Å². The van der Waals surface area contributed by atoms with Crippen molar-refractivity contribution in [2.75, 3.05) is 13.1 Å². The first-order chi connectivity index (χ1) is 15.8. The van der Waals surface area contributed by atoms with Crippen LogP contribution in [-0.2, 0) is 27.9 Å². The number of piperidine rings is 1. The number of hydrogen-bond acceptors (Lipinski definition) is 4. The molecule has 2 aromatic carbocycles. The second-order valence-electron chi connectivity index (χ2n) is 8.65. The van der Waals surface area contributed by atoms with Crippen molar-refractivity contribution in [2.24, 2.45) is 5.92 Å². The highest BCUT2D eigenvalue weighted by Gasteiger charge is 2.32. The number of aryl methyl sites for hydroxylation is 2. The molecule has 3 aromatic rings. The molecule has 1 N–H and O–H groups in total. The Morgan fingerprint density at radius 2 is 1.79 bits per heavy atom. The summed E-state index contributed by atoms with van der Waals surface area (Å²) >= 11 is 0. The summed E-state index contributed by atoms with van der Waals surface area (Å²) in [6.45, 7) is 5.73. The normalized spacial score (nSPS) is 15.5. The molecule has 33 heavy (non-hydrogen) atoms. The van der Waals surface area contributed by atoms with E-state index in [9.17, 15) is 13.2 Å². The van der Waals surface area contributed by atoms with Crippen molar-refractivity contribution in [1.29, 1.82) is 0 Å². The Morgan fingerprint density at radius 1 is 1.06 bits per heavy atom. The summed E-state index contributed by atoms with van der Waals surface area (Å²) in [4.78, 5) is 17.2. The SMILES string of the molecule is Cc1ccc(S(=O)(=O)N2CCC(C(=O)NCc3ccccc3Cn3ccnc3)CC2)cc1C. The monoisotopic (exact) mass is 466 g/mol. The second-order valence-corrected chi connectivity index (χ2v) is 10.6. The van der Waals surface area contributed by atoms with E-state index in [2.05, 4.69) is 16.4 Å². The highest BCUT2D eigenvalue weighted by molar-refractivity contribution is 7.89. The predicted molar refractivity (Wildman–Crippen MR) is 127 cm³/mol. The van der Waals surface area contributed by atoms with E-state index >= 15 is 0 Å². The predicted octanol–water partition coefficient (Wildman–Crippen LogP) is 3.27. The van der Waals surface area contributed by atoms with Crippen molar-refractivity contribution in [2.45, 2.75) is 44.7 Å². The maximum Gasteiger partial charge on any atom is 0.243 e. The molecular weight excluding hydrogens is 436 g/mol. The van der Waals surface area contributed by atoms with Crippen LogP contribution in [-0.4, -0.2) is 41.3 Å². The van der Waals surface area contributed by atoms with E-state index in [0.29, 0.717) is 43.9 Å². The van der Waals surface area contributed by atoms with Crippen molar-refractivity contribution >= 4 is 15.9 Å². The number of imidazole rings is 1. The van der Waals surface area contributed by atoms with Gasteiger partial charge in [-0.1, -0.05) is 30.3 Å². The van der Waals surface area contributed by atoms with E-state index in [4.69, 9.17) is 0 Å². The number of carbonyl (C=O) groups is 1. The molecule has 4 rings (SSSR count). The van der Waals surface area contributed by atoms with Gasteiger partial charge in [0, 0.05) is 44.5 Å². The minimum absolute atomic E-state index is 0.0179. The first-order valence-electron chi connectivity index (χ1n) is 11.2. The smallest absolute Gasteiger partial charge is 0.243 e. The first kappa shape index (κ1) is 23.2. The van der Waals surface area contributed by atoms with Crippen LogP contribution in [0, 0.1) is 19.8 Å². The third kappa shape index (κ3) is 5.34. The number of amides is 1. The van der Waals surface area contributed by atoms with Crippen LogP contribution in [0.5, 0.6) is 0 Å². The van der Waals surface area contributed by atoms with Gasteiger partial charge in [0.15, 0.2) is 0 Å². The topological polar surface area (TPSA) is 84.3 Å². The summed E-state index contributed by atoms with van der Waals surface area (Å²) in [5, 5.41) is 3.06. The lowest BCUT2D eigenvalue weighted by atomic mass is 9.97. The van der Waals surface area contributed by atoms with E-state index in [1.165, 1.54) is 4.31 Å². The summed E-state index contributed by atoms with van der Waals surface area (Å²) in [7, 11) is -3.54. The van der Waals surface area contributed by atoms with Crippen LogP contribution in [0.2, 0.25) is 0 Å². The molecule has 2 heterocycles. The van der Waals surface area contributed by atoms with Crippen LogP contribution < -0.4 is 5.32 Å². The fraction of sp³-hybridized carbons (Fsp3) is 0.360. The molecule has 0 radical (unpaired) electrons. The summed E-state index contributed by atoms with van der Waals surface area (Å²) in [5.74, 6) is -0.201. The van der Waals surface area contributed by atoms with E-state index in [1.807, 2.05) is 48.9 Å². The molecule has 0 aliphatic carbocycles. The molecule has 1 aliphatic heterocycles. The molecular formula is C25H30N4O3S. The molecule has 0 saturated carbocycles. The van der Waals surface area contributed by atoms with Gasteiger partial charge in [-0.15, -0.1) is 0 Å². The summed E-state index contributed by atoms with van der Waals surface area (Å²) in [5.41, 5.74) is 4.22. The lowest BCUT2D eigenvalue weighted by Crippen LogP contribution is -2.42. The van der Waals surface area contributed by atoms with Gasteiger partial charge in [-0.25, -0.2) is 13.4 Å². The van der Waals surface area contributed by atoms with Crippen molar-refractivity contribution in [1.82, 2.24) is 19.2 Å². The van der Waals surface area contributed by atoms with Crippen LogP contribution >= 0.6 is 0 Å². The fourth-order valence-corrected chi connectivity index (χ4v) is 5.73. The summed E-state index contributed by atoms with van der Waals surface area (Å²) in [6.07, 6.45) is 6.47. The van der Waals surface area contributed by atoms with Gasteiger partial charge in [0.2, 0.25) is 15.9 Å². The standard InChI is InChI=1S/C25H30N4O3S/c1-19-7-8-24(15-20(19)2)33(31,32)29-12-9-21(10-13-29)25(30)27-16-22-5-3-4-6-23(22)17-28-14-11-26-18-28/h3-8,11,14-15,18,21H,9-10,12-13,16-17H2,1-2H3,(H,27,30). The third-order valence-corrected chi connectivity index (χ3v) is 8.32.